The lowest BCUT2D eigenvalue weighted by molar-refractivity contribution is -0.118. The molecule has 3 aromatic carbocycles. The molecule has 2 aliphatic rings. The molecule has 1 N–H and O–H groups in total. The van der Waals surface area contributed by atoms with E-state index in [1.54, 1.807) is 0 Å². The minimum atomic E-state index is -0.0755. The highest BCUT2D eigenvalue weighted by atomic mass is 16.1. The van der Waals surface area contributed by atoms with Crippen LogP contribution in [-0.4, -0.2) is 5.78 Å². The fourth-order valence-corrected chi connectivity index (χ4v) is 4.98. The number of fused-ring (bicyclic) bond motifs is 4. The third kappa shape index (κ3) is 2.59. The van der Waals surface area contributed by atoms with E-state index in [4.69, 9.17) is 0 Å². The Bertz CT molecular complexity index is 1150. The van der Waals surface area contributed by atoms with Gasteiger partial charge in [-0.15, -0.1) is 0 Å². The second kappa shape index (κ2) is 6.07. The number of allylic oxidation sites excluding steroid dienone is 1. The van der Waals surface area contributed by atoms with Crippen LogP contribution >= 0.6 is 0 Å². The standard InChI is InChI=1S/C26H25NO/c1-16-8-4-6-10-18(16)25-24-20(14-26(2,3)15-22(24)28)23-19-11-7-5-9-17(19)12-13-21(23)27-25/h4-13,25,27H,14-15H2,1-3H3. The van der Waals surface area contributed by atoms with Crippen LogP contribution in [-0.2, 0) is 4.79 Å². The van der Waals surface area contributed by atoms with Gasteiger partial charge in [-0.05, 0) is 52.3 Å². The predicted molar refractivity (Wildman–Crippen MR) is 116 cm³/mol. The van der Waals surface area contributed by atoms with Crippen LogP contribution in [0.3, 0.4) is 0 Å². The van der Waals surface area contributed by atoms with Gasteiger partial charge in [0.15, 0.2) is 5.78 Å². The Balaban J connectivity index is 1.83. The summed E-state index contributed by atoms with van der Waals surface area (Å²) in [4.78, 5) is 13.4. The highest BCUT2D eigenvalue weighted by Gasteiger charge is 2.40. The molecule has 1 aliphatic carbocycles. The molecule has 1 heterocycles. The van der Waals surface area contributed by atoms with Gasteiger partial charge in [-0.1, -0.05) is 68.4 Å². The van der Waals surface area contributed by atoms with Gasteiger partial charge in [0, 0.05) is 23.2 Å². The molecule has 0 amide bonds. The lowest BCUT2D eigenvalue weighted by atomic mass is 9.67. The second-order valence-electron chi connectivity index (χ2n) is 8.98. The number of benzene rings is 3. The van der Waals surface area contributed by atoms with Gasteiger partial charge in [0.05, 0.1) is 6.04 Å². The van der Waals surface area contributed by atoms with E-state index in [1.165, 1.54) is 33.0 Å². The van der Waals surface area contributed by atoms with Gasteiger partial charge in [-0.3, -0.25) is 4.79 Å². The summed E-state index contributed by atoms with van der Waals surface area (Å²) >= 11 is 0. The Kier molecular flexibility index (Phi) is 3.74. The number of carbonyl (C=O) groups is 1. The van der Waals surface area contributed by atoms with Crippen molar-refractivity contribution in [2.45, 2.75) is 39.7 Å². The maximum atomic E-state index is 13.4. The third-order valence-corrected chi connectivity index (χ3v) is 6.24. The summed E-state index contributed by atoms with van der Waals surface area (Å²) in [6.07, 6.45) is 1.54. The lowest BCUT2D eigenvalue weighted by Gasteiger charge is -2.40. The first kappa shape index (κ1) is 17.2. The molecule has 1 atom stereocenters. The summed E-state index contributed by atoms with van der Waals surface area (Å²) in [7, 11) is 0. The zero-order valence-corrected chi connectivity index (χ0v) is 16.7. The van der Waals surface area contributed by atoms with Gasteiger partial charge >= 0.3 is 0 Å². The van der Waals surface area contributed by atoms with Crippen LogP contribution in [0.1, 0.15) is 49.4 Å². The normalized spacial score (nSPS) is 20.5. The summed E-state index contributed by atoms with van der Waals surface area (Å²) in [6, 6.07) is 21.2. The number of ketones is 1. The van der Waals surface area contributed by atoms with Crippen molar-refractivity contribution in [2.75, 3.05) is 5.32 Å². The summed E-state index contributed by atoms with van der Waals surface area (Å²) < 4.78 is 0. The van der Waals surface area contributed by atoms with Crippen molar-refractivity contribution < 1.29 is 4.79 Å². The number of Topliss-reactive ketones (excluding diaryl/α,β-unsaturated/α-hetero) is 1. The first-order valence-corrected chi connectivity index (χ1v) is 10.0. The fraction of sp³-hybridized carbons (Fsp3) is 0.269. The van der Waals surface area contributed by atoms with Crippen LogP contribution in [0.25, 0.3) is 16.3 Å². The van der Waals surface area contributed by atoms with Gasteiger partial charge in [0.1, 0.15) is 0 Å². The van der Waals surface area contributed by atoms with Crippen molar-refractivity contribution in [1.82, 2.24) is 0 Å². The van der Waals surface area contributed by atoms with E-state index in [0.717, 1.165) is 17.7 Å². The van der Waals surface area contributed by atoms with E-state index in [-0.39, 0.29) is 17.2 Å². The molecule has 0 fully saturated rings. The molecule has 2 nitrogen and oxygen atoms in total. The minimum Gasteiger partial charge on any atom is -0.373 e. The molecule has 0 spiro atoms. The second-order valence-corrected chi connectivity index (χ2v) is 8.98. The lowest BCUT2D eigenvalue weighted by Crippen LogP contribution is -2.33. The first-order chi connectivity index (χ1) is 13.4. The van der Waals surface area contributed by atoms with Crippen molar-refractivity contribution in [1.29, 1.82) is 0 Å². The van der Waals surface area contributed by atoms with E-state index >= 15 is 0 Å². The smallest absolute Gasteiger partial charge is 0.162 e. The SMILES string of the molecule is Cc1ccccc1C1Nc2ccc3ccccc3c2C2=C1C(=O)CC(C)(C)C2. The van der Waals surface area contributed by atoms with Gasteiger partial charge < -0.3 is 5.32 Å². The van der Waals surface area contributed by atoms with Crippen molar-refractivity contribution in [2.24, 2.45) is 5.41 Å². The molecule has 2 heteroatoms. The Morgan fingerprint density at radius 3 is 2.50 bits per heavy atom. The summed E-state index contributed by atoms with van der Waals surface area (Å²) in [5.74, 6) is 0.283. The molecule has 5 rings (SSSR count). The number of carbonyl (C=O) groups excluding carboxylic acids is 1. The van der Waals surface area contributed by atoms with E-state index in [0.29, 0.717) is 6.42 Å². The third-order valence-electron chi connectivity index (χ3n) is 6.24. The summed E-state index contributed by atoms with van der Waals surface area (Å²) in [5, 5.41) is 6.18. The van der Waals surface area contributed by atoms with Crippen LogP contribution in [0.4, 0.5) is 5.69 Å². The minimum absolute atomic E-state index is 0.0161. The van der Waals surface area contributed by atoms with Gasteiger partial charge in [-0.25, -0.2) is 0 Å². The van der Waals surface area contributed by atoms with Crippen molar-refractivity contribution in [3.05, 3.63) is 82.9 Å². The average Bonchev–Trinajstić information content (AvgIpc) is 2.66. The molecule has 1 unspecified atom stereocenters. The largest absolute Gasteiger partial charge is 0.373 e. The molecule has 0 bridgehead atoms. The van der Waals surface area contributed by atoms with Crippen LogP contribution in [0.5, 0.6) is 0 Å². The van der Waals surface area contributed by atoms with Gasteiger partial charge in [0.2, 0.25) is 0 Å². The molecule has 140 valence electrons. The Labute approximate surface area is 166 Å². The molecule has 0 aromatic heterocycles. The Hall–Kier alpha value is -2.87. The van der Waals surface area contributed by atoms with Crippen molar-refractivity contribution >= 4 is 27.8 Å². The number of nitrogens with one attached hydrogen (secondary N) is 1. The fourth-order valence-electron chi connectivity index (χ4n) is 4.98. The molecule has 28 heavy (non-hydrogen) atoms. The first-order valence-electron chi connectivity index (χ1n) is 10.0. The topological polar surface area (TPSA) is 29.1 Å². The van der Waals surface area contributed by atoms with Crippen LogP contribution in [0.2, 0.25) is 0 Å². The molecular weight excluding hydrogens is 342 g/mol. The number of rotatable bonds is 1. The molecule has 0 radical (unpaired) electrons. The van der Waals surface area contributed by atoms with Crippen LogP contribution in [0, 0.1) is 12.3 Å². The number of hydrogen-bond donors (Lipinski definition) is 1. The van der Waals surface area contributed by atoms with E-state index in [1.807, 2.05) is 0 Å². The maximum Gasteiger partial charge on any atom is 0.162 e. The van der Waals surface area contributed by atoms with E-state index in [9.17, 15) is 4.79 Å². The van der Waals surface area contributed by atoms with Gasteiger partial charge in [-0.2, -0.15) is 0 Å². The molecular formula is C26H25NO. The zero-order valence-electron chi connectivity index (χ0n) is 16.7. The predicted octanol–water partition coefficient (Wildman–Crippen LogP) is 6.46. The zero-order chi connectivity index (χ0) is 19.5. The molecule has 0 saturated heterocycles. The Morgan fingerprint density at radius 1 is 0.929 bits per heavy atom. The monoisotopic (exact) mass is 367 g/mol. The number of hydrogen-bond acceptors (Lipinski definition) is 2. The average molecular weight is 367 g/mol. The van der Waals surface area contributed by atoms with Crippen molar-refractivity contribution in [3.63, 3.8) is 0 Å². The number of anilines is 1. The highest BCUT2D eigenvalue weighted by Crippen LogP contribution is 2.52. The van der Waals surface area contributed by atoms with Gasteiger partial charge in [0.25, 0.3) is 0 Å². The molecule has 3 aromatic rings. The van der Waals surface area contributed by atoms with E-state index < -0.39 is 0 Å². The Morgan fingerprint density at radius 2 is 1.68 bits per heavy atom. The van der Waals surface area contributed by atoms with Crippen LogP contribution in [0.15, 0.2) is 66.2 Å². The highest BCUT2D eigenvalue weighted by molar-refractivity contribution is 6.12. The van der Waals surface area contributed by atoms with Crippen LogP contribution < -0.4 is 5.32 Å². The number of aryl methyl sites for hydroxylation is 1. The van der Waals surface area contributed by atoms with E-state index in [2.05, 4.69) is 86.8 Å². The molecule has 1 aliphatic heterocycles. The van der Waals surface area contributed by atoms with Crippen molar-refractivity contribution in [3.8, 4) is 0 Å². The maximum absolute atomic E-state index is 13.4. The summed E-state index contributed by atoms with van der Waals surface area (Å²) in [5.41, 5.74) is 6.96. The molecule has 0 saturated carbocycles. The quantitative estimate of drug-likeness (QED) is 0.535. The summed E-state index contributed by atoms with van der Waals surface area (Å²) in [6.45, 7) is 6.55.